The van der Waals surface area contributed by atoms with Gasteiger partial charge in [0.05, 0.1) is 18.0 Å². The van der Waals surface area contributed by atoms with Crippen molar-refractivity contribution < 1.29 is 13.2 Å². The van der Waals surface area contributed by atoms with E-state index in [0.29, 0.717) is 30.7 Å². The molecule has 9 heteroatoms. The van der Waals surface area contributed by atoms with Gasteiger partial charge in [0.15, 0.2) is 5.96 Å². The Bertz CT molecular complexity index is 902. The number of ether oxygens (including phenoxy) is 1. The van der Waals surface area contributed by atoms with Crippen molar-refractivity contribution in [3.05, 3.63) is 64.7 Å². The molecular formula is C20H27ClN4O3S. The summed E-state index contributed by atoms with van der Waals surface area (Å²) in [5.41, 5.74) is 1.88. The lowest BCUT2D eigenvalue weighted by atomic mass is 10.2. The van der Waals surface area contributed by atoms with Crippen LogP contribution in [0.3, 0.4) is 0 Å². The summed E-state index contributed by atoms with van der Waals surface area (Å²) >= 11 is 6.19. The molecule has 158 valence electrons. The van der Waals surface area contributed by atoms with Gasteiger partial charge in [-0.25, -0.2) is 18.1 Å². The number of nitrogens with one attached hydrogen (secondary N) is 3. The molecular weight excluding hydrogens is 412 g/mol. The van der Waals surface area contributed by atoms with Gasteiger partial charge in [0.1, 0.15) is 0 Å². The lowest BCUT2D eigenvalue weighted by molar-refractivity contribution is 0.204. The smallest absolute Gasteiger partial charge is 0.240 e. The Labute approximate surface area is 177 Å². The third-order valence-corrected chi connectivity index (χ3v) is 5.85. The number of aliphatic imine (C=N–C) groups is 1. The number of methoxy groups -OCH3 is 1. The van der Waals surface area contributed by atoms with E-state index in [1.54, 1.807) is 24.3 Å². The highest BCUT2D eigenvalue weighted by Gasteiger charge is 2.12. The third kappa shape index (κ3) is 7.66. The summed E-state index contributed by atoms with van der Waals surface area (Å²) in [7, 11) is -2.01. The minimum atomic E-state index is -3.54. The SMILES string of the molecule is CCNC(=NCc1ccc(S(=O)(=O)NCCOC)cc1)NCc1ccccc1Cl. The van der Waals surface area contributed by atoms with Crippen molar-refractivity contribution in [2.75, 3.05) is 26.8 Å². The van der Waals surface area contributed by atoms with Gasteiger partial charge in [-0.2, -0.15) is 0 Å². The molecule has 0 saturated carbocycles. The fourth-order valence-electron chi connectivity index (χ4n) is 2.47. The molecule has 2 aromatic rings. The van der Waals surface area contributed by atoms with Gasteiger partial charge in [-0.3, -0.25) is 0 Å². The summed E-state index contributed by atoms with van der Waals surface area (Å²) in [6.07, 6.45) is 0. The molecule has 0 spiro atoms. The fourth-order valence-corrected chi connectivity index (χ4v) is 3.68. The van der Waals surface area contributed by atoms with Gasteiger partial charge < -0.3 is 15.4 Å². The van der Waals surface area contributed by atoms with Crippen molar-refractivity contribution in [3.63, 3.8) is 0 Å². The van der Waals surface area contributed by atoms with Gasteiger partial charge in [-0.15, -0.1) is 0 Å². The third-order valence-electron chi connectivity index (χ3n) is 4.00. The zero-order valence-corrected chi connectivity index (χ0v) is 18.2. The fraction of sp³-hybridized carbons (Fsp3) is 0.350. The Morgan fingerprint density at radius 2 is 1.83 bits per heavy atom. The maximum atomic E-state index is 12.2. The number of hydrogen-bond acceptors (Lipinski definition) is 4. The van der Waals surface area contributed by atoms with Crippen molar-refractivity contribution in [1.29, 1.82) is 0 Å². The molecule has 3 N–H and O–H groups in total. The maximum absolute atomic E-state index is 12.2. The van der Waals surface area contributed by atoms with E-state index in [1.165, 1.54) is 7.11 Å². The van der Waals surface area contributed by atoms with E-state index in [4.69, 9.17) is 16.3 Å². The minimum Gasteiger partial charge on any atom is -0.383 e. The first-order chi connectivity index (χ1) is 14.0. The highest BCUT2D eigenvalue weighted by molar-refractivity contribution is 7.89. The molecule has 0 atom stereocenters. The largest absolute Gasteiger partial charge is 0.383 e. The van der Waals surface area contributed by atoms with E-state index in [9.17, 15) is 8.42 Å². The topological polar surface area (TPSA) is 91.8 Å². The molecule has 0 radical (unpaired) electrons. The second-order valence-corrected chi connectivity index (χ2v) is 8.35. The van der Waals surface area contributed by atoms with Gasteiger partial charge in [0.25, 0.3) is 0 Å². The number of nitrogens with zero attached hydrogens (tertiary/aromatic N) is 1. The van der Waals surface area contributed by atoms with Gasteiger partial charge in [0, 0.05) is 31.8 Å². The molecule has 0 bridgehead atoms. The summed E-state index contributed by atoms with van der Waals surface area (Å²) in [4.78, 5) is 4.76. The Hall–Kier alpha value is -2.13. The van der Waals surface area contributed by atoms with Crippen LogP contribution in [-0.4, -0.2) is 41.2 Å². The van der Waals surface area contributed by atoms with Crippen molar-refractivity contribution in [2.24, 2.45) is 4.99 Å². The zero-order chi connectivity index (χ0) is 21.1. The average Bonchev–Trinajstić information content (AvgIpc) is 2.71. The number of benzene rings is 2. The van der Waals surface area contributed by atoms with E-state index in [1.807, 2.05) is 31.2 Å². The standard InChI is InChI=1S/C20H27ClN4O3S/c1-3-22-20(24-15-17-6-4-5-7-19(17)21)23-14-16-8-10-18(11-9-16)29(26,27)25-12-13-28-2/h4-11,25H,3,12-15H2,1-2H3,(H2,22,23,24). The summed E-state index contributed by atoms with van der Waals surface area (Å²) in [6, 6.07) is 14.3. The van der Waals surface area contributed by atoms with Crippen molar-refractivity contribution in [2.45, 2.75) is 24.9 Å². The lowest BCUT2D eigenvalue weighted by Crippen LogP contribution is -2.36. The molecule has 0 amide bonds. The number of rotatable bonds is 10. The molecule has 0 heterocycles. The minimum absolute atomic E-state index is 0.213. The zero-order valence-electron chi connectivity index (χ0n) is 16.6. The number of sulfonamides is 1. The molecule has 0 aromatic heterocycles. The predicted octanol–water partition coefficient (Wildman–Crippen LogP) is 2.52. The Morgan fingerprint density at radius 3 is 2.48 bits per heavy atom. The lowest BCUT2D eigenvalue weighted by Gasteiger charge is -2.12. The first-order valence-electron chi connectivity index (χ1n) is 9.29. The quantitative estimate of drug-likeness (QED) is 0.301. The second-order valence-electron chi connectivity index (χ2n) is 6.17. The Balaban J connectivity index is 1.99. The molecule has 0 aliphatic rings. The average molecular weight is 439 g/mol. The first-order valence-corrected chi connectivity index (χ1v) is 11.2. The predicted molar refractivity (Wildman–Crippen MR) is 117 cm³/mol. The molecule has 2 aromatic carbocycles. The van der Waals surface area contributed by atoms with E-state index in [0.717, 1.165) is 17.7 Å². The molecule has 0 saturated heterocycles. The maximum Gasteiger partial charge on any atom is 0.240 e. The first kappa shape index (κ1) is 23.2. The Morgan fingerprint density at radius 1 is 1.10 bits per heavy atom. The van der Waals surface area contributed by atoms with Crippen LogP contribution >= 0.6 is 11.6 Å². The van der Waals surface area contributed by atoms with Crippen LogP contribution in [0.4, 0.5) is 0 Å². The Kier molecular flexibility index (Phi) is 9.40. The van der Waals surface area contributed by atoms with Crippen LogP contribution in [0.15, 0.2) is 58.4 Å². The van der Waals surface area contributed by atoms with Crippen molar-refractivity contribution >= 4 is 27.6 Å². The van der Waals surface area contributed by atoms with Crippen molar-refractivity contribution in [1.82, 2.24) is 15.4 Å². The van der Waals surface area contributed by atoms with E-state index < -0.39 is 10.0 Å². The van der Waals surface area contributed by atoms with Crippen LogP contribution in [0.1, 0.15) is 18.1 Å². The van der Waals surface area contributed by atoms with Gasteiger partial charge in [-0.1, -0.05) is 41.9 Å². The number of guanidine groups is 1. The van der Waals surface area contributed by atoms with E-state index >= 15 is 0 Å². The molecule has 2 rings (SSSR count). The van der Waals surface area contributed by atoms with E-state index in [2.05, 4.69) is 20.3 Å². The molecule has 29 heavy (non-hydrogen) atoms. The van der Waals surface area contributed by atoms with Gasteiger partial charge in [0.2, 0.25) is 10.0 Å². The van der Waals surface area contributed by atoms with E-state index in [-0.39, 0.29) is 11.4 Å². The molecule has 0 fully saturated rings. The molecule has 0 aliphatic heterocycles. The normalized spacial score (nSPS) is 12.0. The van der Waals surface area contributed by atoms with Crippen LogP contribution in [0.25, 0.3) is 0 Å². The molecule has 7 nitrogen and oxygen atoms in total. The number of hydrogen-bond donors (Lipinski definition) is 3. The highest BCUT2D eigenvalue weighted by Crippen LogP contribution is 2.14. The summed E-state index contributed by atoms with van der Waals surface area (Å²) in [6.45, 7) is 4.22. The van der Waals surface area contributed by atoms with Gasteiger partial charge in [-0.05, 0) is 36.2 Å². The summed E-state index contributed by atoms with van der Waals surface area (Å²) in [5, 5.41) is 7.13. The molecule has 0 aliphatic carbocycles. The van der Waals surface area contributed by atoms with Gasteiger partial charge >= 0.3 is 0 Å². The van der Waals surface area contributed by atoms with Crippen LogP contribution in [0, 0.1) is 0 Å². The monoisotopic (exact) mass is 438 g/mol. The van der Waals surface area contributed by atoms with Crippen LogP contribution in [0.2, 0.25) is 5.02 Å². The van der Waals surface area contributed by atoms with Crippen molar-refractivity contribution in [3.8, 4) is 0 Å². The van der Waals surface area contributed by atoms with Crippen LogP contribution in [0.5, 0.6) is 0 Å². The highest BCUT2D eigenvalue weighted by atomic mass is 35.5. The second kappa shape index (κ2) is 11.8. The van der Waals surface area contributed by atoms with Crippen LogP contribution in [-0.2, 0) is 27.8 Å². The van der Waals surface area contributed by atoms with Crippen LogP contribution < -0.4 is 15.4 Å². The summed E-state index contributed by atoms with van der Waals surface area (Å²) in [5.74, 6) is 0.658. The number of halogens is 1. The molecule has 0 unspecified atom stereocenters. The summed E-state index contributed by atoms with van der Waals surface area (Å²) < 4.78 is 31.7.